The third kappa shape index (κ3) is 5.88. The Hall–Kier alpha value is -8.48. The lowest BCUT2D eigenvalue weighted by atomic mass is 9.92. The fraction of sp³-hybridized carbons (Fsp3) is 0. The molecule has 0 bridgehead atoms. The van der Waals surface area contributed by atoms with Gasteiger partial charge < -0.3 is 0 Å². The Labute approximate surface area is 357 Å². The van der Waals surface area contributed by atoms with E-state index in [0.717, 1.165) is 89.9 Å². The fourth-order valence-electron chi connectivity index (χ4n) is 9.06. The molecule has 0 saturated heterocycles. The highest BCUT2D eigenvalue weighted by molar-refractivity contribution is 6.12. The van der Waals surface area contributed by atoms with Gasteiger partial charge in [0.15, 0.2) is 11.3 Å². The van der Waals surface area contributed by atoms with Crippen molar-refractivity contribution in [2.24, 2.45) is 0 Å². The van der Waals surface area contributed by atoms with Crippen LogP contribution in [0.15, 0.2) is 219 Å². The Morgan fingerprint density at radius 1 is 0.306 bits per heavy atom. The summed E-state index contributed by atoms with van der Waals surface area (Å²) in [6.07, 6.45) is 3.69. The molecule has 0 amide bonds. The molecule has 0 saturated carbocycles. The molecule has 6 nitrogen and oxygen atoms in total. The van der Waals surface area contributed by atoms with E-state index >= 15 is 0 Å². The Balaban J connectivity index is 1.18. The second-order valence-corrected chi connectivity index (χ2v) is 15.5. The first-order chi connectivity index (χ1) is 30.8. The highest BCUT2D eigenvalue weighted by Gasteiger charge is 2.23. The molecule has 8 aromatic carbocycles. The molecular weight excluding hydrogens is 757 g/mol. The van der Waals surface area contributed by atoms with Gasteiger partial charge in [-0.15, -0.1) is 0 Å². The molecule has 12 aromatic rings. The maximum absolute atomic E-state index is 5.40. The average Bonchev–Trinajstić information content (AvgIpc) is 3.94. The minimum absolute atomic E-state index is 0.779. The Kier molecular flexibility index (Phi) is 8.38. The summed E-state index contributed by atoms with van der Waals surface area (Å²) in [6, 6.07) is 72.5. The summed E-state index contributed by atoms with van der Waals surface area (Å²) in [6.45, 7) is 0. The predicted molar refractivity (Wildman–Crippen MR) is 253 cm³/mol. The monoisotopic (exact) mass is 792 g/mol. The molecule has 0 aliphatic heterocycles. The van der Waals surface area contributed by atoms with E-state index in [-0.39, 0.29) is 0 Å². The number of pyridine rings is 2. The van der Waals surface area contributed by atoms with Crippen LogP contribution in [0.1, 0.15) is 0 Å². The van der Waals surface area contributed by atoms with Crippen molar-refractivity contribution in [3.05, 3.63) is 219 Å². The number of hydrogen-bond acceptors (Lipinski definition) is 4. The molecule has 0 spiro atoms. The zero-order valence-corrected chi connectivity index (χ0v) is 33.5. The van der Waals surface area contributed by atoms with Crippen LogP contribution in [-0.2, 0) is 0 Å². The number of fused-ring (bicyclic) bond motifs is 5. The first kappa shape index (κ1) is 35.5. The number of aromatic nitrogens is 6. The van der Waals surface area contributed by atoms with Crippen molar-refractivity contribution in [1.29, 1.82) is 0 Å². The van der Waals surface area contributed by atoms with E-state index in [1.807, 2.05) is 36.7 Å². The van der Waals surface area contributed by atoms with E-state index in [9.17, 15) is 0 Å². The maximum atomic E-state index is 5.40. The SMILES string of the molecule is c1ccc(-c2ccccc2-n2c(-c3cc(-c4cccc5c4ccc4ccccc45)cc(-c4nc5cccnc5n4-c4ccccc4-c4ccccc4)c3)nc3cccnc32)cc1. The molecule has 62 heavy (non-hydrogen) atoms. The summed E-state index contributed by atoms with van der Waals surface area (Å²) in [7, 11) is 0. The van der Waals surface area contributed by atoms with Crippen molar-refractivity contribution in [1.82, 2.24) is 29.1 Å². The lowest BCUT2D eigenvalue weighted by Gasteiger charge is -2.18. The summed E-state index contributed by atoms with van der Waals surface area (Å²) in [5.74, 6) is 1.56. The molecular formula is C56H36N6. The molecule has 0 N–H and O–H groups in total. The average molecular weight is 793 g/mol. The highest BCUT2D eigenvalue weighted by Crippen LogP contribution is 2.41. The molecule has 6 heteroatoms. The third-order valence-corrected chi connectivity index (χ3v) is 11.8. The molecule has 4 aromatic heterocycles. The minimum atomic E-state index is 0.779. The van der Waals surface area contributed by atoms with Crippen LogP contribution in [-0.4, -0.2) is 29.1 Å². The van der Waals surface area contributed by atoms with Crippen LogP contribution in [0, 0.1) is 0 Å². The topological polar surface area (TPSA) is 61.4 Å². The van der Waals surface area contributed by atoms with E-state index in [1.54, 1.807) is 0 Å². The molecule has 4 heterocycles. The fourth-order valence-corrected chi connectivity index (χ4v) is 9.06. The zero-order valence-electron chi connectivity index (χ0n) is 33.5. The number of nitrogens with zero attached hydrogens (tertiary/aromatic N) is 6. The van der Waals surface area contributed by atoms with Crippen LogP contribution in [0.3, 0.4) is 0 Å². The van der Waals surface area contributed by atoms with Gasteiger partial charge in [0.05, 0.1) is 11.4 Å². The molecule has 0 aliphatic carbocycles. The highest BCUT2D eigenvalue weighted by atomic mass is 15.1. The van der Waals surface area contributed by atoms with Crippen LogP contribution < -0.4 is 0 Å². The molecule has 0 aliphatic rings. The smallest absolute Gasteiger partial charge is 0.164 e. The number of para-hydroxylation sites is 2. The molecule has 290 valence electrons. The van der Waals surface area contributed by atoms with Crippen LogP contribution >= 0.6 is 0 Å². The van der Waals surface area contributed by atoms with E-state index in [1.165, 1.54) is 21.5 Å². The molecule has 0 unspecified atom stereocenters. The van der Waals surface area contributed by atoms with Crippen LogP contribution in [0.2, 0.25) is 0 Å². The predicted octanol–water partition coefficient (Wildman–Crippen LogP) is 13.8. The Morgan fingerprint density at radius 3 is 1.39 bits per heavy atom. The van der Waals surface area contributed by atoms with Gasteiger partial charge in [-0.05, 0) is 98.4 Å². The molecule has 12 rings (SSSR count). The molecule has 0 radical (unpaired) electrons. The van der Waals surface area contributed by atoms with Gasteiger partial charge in [0.1, 0.15) is 22.7 Å². The summed E-state index contributed by atoms with van der Waals surface area (Å²) >= 11 is 0. The normalized spacial score (nSPS) is 11.5. The summed E-state index contributed by atoms with van der Waals surface area (Å²) < 4.78 is 4.43. The number of rotatable bonds is 7. The van der Waals surface area contributed by atoms with Gasteiger partial charge in [-0.3, -0.25) is 9.13 Å². The van der Waals surface area contributed by atoms with Crippen molar-refractivity contribution in [3.8, 4) is 67.5 Å². The van der Waals surface area contributed by atoms with Gasteiger partial charge in [0.2, 0.25) is 0 Å². The molecule has 0 atom stereocenters. The lowest BCUT2D eigenvalue weighted by molar-refractivity contribution is 1.07. The zero-order chi connectivity index (χ0) is 41.0. The number of benzene rings is 8. The lowest BCUT2D eigenvalue weighted by Crippen LogP contribution is -2.03. The summed E-state index contributed by atoms with van der Waals surface area (Å²) in [5, 5.41) is 4.81. The number of hydrogen-bond donors (Lipinski definition) is 0. The quantitative estimate of drug-likeness (QED) is 0.151. The van der Waals surface area contributed by atoms with Crippen molar-refractivity contribution >= 4 is 43.9 Å². The van der Waals surface area contributed by atoms with E-state index in [2.05, 4.69) is 191 Å². The van der Waals surface area contributed by atoms with Crippen molar-refractivity contribution in [2.75, 3.05) is 0 Å². The summed E-state index contributed by atoms with van der Waals surface area (Å²) in [4.78, 5) is 20.7. The first-order valence-corrected chi connectivity index (χ1v) is 20.8. The second-order valence-electron chi connectivity index (χ2n) is 15.5. The summed E-state index contributed by atoms with van der Waals surface area (Å²) in [5.41, 5.74) is 13.6. The minimum Gasteiger partial charge on any atom is -0.276 e. The third-order valence-electron chi connectivity index (χ3n) is 11.8. The first-order valence-electron chi connectivity index (χ1n) is 20.8. The van der Waals surface area contributed by atoms with Gasteiger partial charge in [-0.2, -0.15) is 0 Å². The maximum Gasteiger partial charge on any atom is 0.164 e. The largest absolute Gasteiger partial charge is 0.276 e. The van der Waals surface area contributed by atoms with Crippen LogP contribution in [0.5, 0.6) is 0 Å². The molecule has 0 fully saturated rings. The van der Waals surface area contributed by atoms with E-state index in [0.29, 0.717) is 0 Å². The number of imidazole rings is 2. The van der Waals surface area contributed by atoms with Gasteiger partial charge in [0.25, 0.3) is 0 Å². The van der Waals surface area contributed by atoms with Crippen LogP contribution in [0.4, 0.5) is 0 Å². The van der Waals surface area contributed by atoms with Crippen molar-refractivity contribution < 1.29 is 0 Å². The Bertz CT molecular complexity index is 3460. The second kappa shape index (κ2) is 14.7. The standard InChI is InChI=1S/C56H36N6/c1-3-16-37(17-4-1)45-22-9-11-28-51(45)61-53(59-49-26-14-32-57-55(49)61)41-34-40(44-24-13-25-47-43-21-8-7-20-39(43)30-31-48(44)47)35-42(36-41)54-60-50-27-15-33-58-56(50)62(54)52-29-12-10-23-46(52)38-18-5-2-6-19-38/h1-36H. The Morgan fingerprint density at radius 2 is 0.790 bits per heavy atom. The van der Waals surface area contributed by atoms with E-state index in [4.69, 9.17) is 19.9 Å². The van der Waals surface area contributed by atoms with Gasteiger partial charge in [-0.1, -0.05) is 152 Å². The van der Waals surface area contributed by atoms with Crippen molar-refractivity contribution in [2.45, 2.75) is 0 Å². The van der Waals surface area contributed by atoms with Crippen LogP contribution in [0.25, 0.3) is 111 Å². The van der Waals surface area contributed by atoms with Gasteiger partial charge in [0, 0.05) is 34.6 Å². The van der Waals surface area contributed by atoms with Gasteiger partial charge >= 0.3 is 0 Å². The van der Waals surface area contributed by atoms with Crippen molar-refractivity contribution in [3.63, 3.8) is 0 Å². The van der Waals surface area contributed by atoms with Gasteiger partial charge in [-0.25, -0.2) is 19.9 Å². The van der Waals surface area contributed by atoms with E-state index < -0.39 is 0 Å².